The lowest BCUT2D eigenvalue weighted by Crippen LogP contribution is -2.42. The topological polar surface area (TPSA) is 46.3 Å². The third-order valence-electron chi connectivity index (χ3n) is 3.93. The van der Waals surface area contributed by atoms with Gasteiger partial charge in [-0.05, 0) is 30.0 Å². The van der Waals surface area contributed by atoms with Crippen molar-refractivity contribution in [3.8, 4) is 0 Å². The lowest BCUT2D eigenvalue weighted by Gasteiger charge is -2.32. The van der Waals surface area contributed by atoms with Crippen molar-refractivity contribution in [3.05, 3.63) is 29.8 Å². The van der Waals surface area contributed by atoms with Crippen molar-refractivity contribution in [2.24, 2.45) is 0 Å². The molecule has 20 heavy (non-hydrogen) atoms. The molecule has 1 aromatic carbocycles. The van der Waals surface area contributed by atoms with E-state index in [1.165, 1.54) is 5.56 Å². The van der Waals surface area contributed by atoms with Gasteiger partial charge in [0.1, 0.15) is 0 Å². The molecule has 0 spiro atoms. The minimum absolute atomic E-state index is 0.248. The average Bonchev–Trinajstić information content (AvgIpc) is 2.47. The van der Waals surface area contributed by atoms with Gasteiger partial charge < -0.3 is 10.6 Å². The number of amides is 1. The lowest BCUT2D eigenvalue weighted by atomic mass is 9.97. The standard InChI is InChI=1S/C16H24N2OS/c1-3-15-11-18(8-9-20-15)16(19)10-12(2)13-4-6-14(17)7-5-13/h4-7,12,15H,3,8-11,17H2,1-2H3. The zero-order valence-electron chi connectivity index (χ0n) is 12.3. The van der Waals surface area contributed by atoms with E-state index in [4.69, 9.17) is 5.73 Å². The number of benzene rings is 1. The second-order valence-corrected chi connectivity index (χ2v) is 6.92. The number of nitrogens with two attached hydrogens (primary N) is 1. The number of hydrogen-bond acceptors (Lipinski definition) is 3. The maximum Gasteiger partial charge on any atom is 0.223 e. The quantitative estimate of drug-likeness (QED) is 0.867. The number of carbonyl (C=O) groups excluding carboxylic acids is 1. The Labute approximate surface area is 125 Å². The summed E-state index contributed by atoms with van der Waals surface area (Å²) >= 11 is 1.99. The summed E-state index contributed by atoms with van der Waals surface area (Å²) in [7, 11) is 0. The Balaban J connectivity index is 1.91. The van der Waals surface area contributed by atoms with Crippen LogP contribution in [0, 0.1) is 0 Å². The number of hydrogen-bond donors (Lipinski definition) is 1. The van der Waals surface area contributed by atoms with Crippen LogP contribution in [0.15, 0.2) is 24.3 Å². The van der Waals surface area contributed by atoms with Gasteiger partial charge >= 0.3 is 0 Å². The van der Waals surface area contributed by atoms with E-state index in [-0.39, 0.29) is 11.8 Å². The molecule has 1 fully saturated rings. The Morgan fingerprint density at radius 2 is 2.15 bits per heavy atom. The molecule has 0 aromatic heterocycles. The summed E-state index contributed by atoms with van der Waals surface area (Å²) in [6, 6.07) is 7.85. The van der Waals surface area contributed by atoms with E-state index in [0.717, 1.165) is 31.0 Å². The van der Waals surface area contributed by atoms with Gasteiger partial charge in [0, 0.05) is 36.2 Å². The van der Waals surface area contributed by atoms with E-state index in [0.29, 0.717) is 11.7 Å². The van der Waals surface area contributed by atoms with E-state index < -0.39 is 0 Å². The van der Waals surface area contributed by atoms with Crippen LogP contribution in [0.2, 0.25) is 0 Å². The van der Waals surface area contributed by atoms with E-state index in [9.17, 15) is 4.79 Å². The SMILES string of the molecule is CCC1CN(C(=O)CC(C)c2ccc(N)cc2)CCS1. The second kappa shape index (κ2) is 7.02. The molecular weight excluding hydrogens is 268 g/mol. The number of anilines is 1. The fourth-order valence-electron chi connectivity index (χ4n) is 2.53. The van der Waals surface area contributed by atoms with Crippen molar-refractivity contribution in [2.75, 3.05) is 24.6 Å². The predicted octanol–water partition coefficient (Wildman–Crippen LogP) is 3.12. The predicted molar refractivity (Wildman–Crippen MR) is 87.0 cm³/mol. The van der Waals surface area contributed by atoms with Gasteiger partial charge in [0.25, 0.3) is 0 Å². The number of thioether (sulfide) groups is 1. The fourth-order valence-corrected chi connectivity index (χ4v) is 3.71. The van der Waals surface area contributed by atoms with E-state index in [2.05, 4.69) is 13.8 Å². The summed E-state index contributed by atoms with van der Waals surface area (Å²) < 4.78 is 0. The molecular formula is C16H24N2OS. The van der Waals surface area contributed by atoms with Crippen molar-refractivity contribution < 1.29 is 4.79 Å². The maximum atomic E-state index is 12.4. The first-order valence-electron chi connectivity index (χ1n) is 7.35. The average molecular weight is 292 g/mol. The number of nitrogens with zero attached hydrogens (tertiary/aromatic N) is 1. The first-order chi connectivity index (χ1) is 9.60. The van der Waals surface area contributed by atoms with Crippen molar-refractivity contribution in [3.63, 3.8) is 0 Å². The molecule has 1 aliphatic heterocycles. The molecule has 110 valence electrons. The van der Waals surface area contributed by atoms with Crippen LogP contribution in [0.1, 0.15) is 38.2 Å². The van der Waals surface area contributed by atoms with Gasteiger partial charge in [-0.15, -0.1) is 0 Å². The molecule has 4 heteroatoms. The smallest absolute Gasteiger partial charge is 0.223 e. The van der Waals surface area contributed by atoms with Crippen molar-refractivity contribution in [2.45, 2.75) is 37.9 Å². The highest BCUT2D eigenvalue weighted by Gasteiger charge is 2.24. The summed E-state index contributed by atoms with van der Waals surface area (Å²) in [6.45, 7) is 6.12. The fraction of sp³-hybridized carbons (Fsp3) is 0.562. The molecule has 0 bridgehead atoms. The highest BCUT2D eigenvalue weighted by molar-refractivity contribution is 8.00. The Bertz CT molecular complexity index is 446. The van der Waals surface area contributed by atoms with Crippen LogP contribution >= 0.6 is 11.8 Å². The Morgan fingerprint density at radius 1 is 1.45 bits per heavy atom. The van der Waals surface area contributed by atoms with Gasteiger partial charge in [0.05, 0.1) is 0 Å². The van der Waals surface area contributed by atoms with Gasteiger partial charge in [0.15, 0.2) is 0 Å². The largest absolute Gasteiger partial charge is 0.399 e. The number of carbonyl (C=O) groups is 1. The zero-order chi connectivity index (χ0) is 14.5. The molecule has 1 amide bonds. The molecule has 0 aliphatic carbocycles. The van der Waals surface area contributed by atoms with Crippen LogP contribution < -0.4 is 5.73 Å². The Morgan fingerprint density at radius 3 is 2.80 bits per heavy atom. The summed E-state index contributed by atoms with van der Waals surface area (Å²) in [6.07, 6.45) is 1.73. The normalized spacial score (nSPS) is 20.7. The summed E-state index contributed by atoms with van der Waals surface area (Å²) in [5, 5.41) is 0.611. The van der Waals surface area contributed by atoms with Crippen LogP contribution in [0.4, 0.5) is 5.69 Å². The van der Waals surface area contributed by atoms with Crippen LogP contribution in [0.25, 0.3) is 0 Å². The molecule has 1 aromatic rings. The van der Waals surface area contributed by atoms with Gasteiger partial charge in [-0.3, -0.25) is 4.79 Å². The summed E-state index contributed by atoms with van der Waals surface area (Å²) in [5.41, 5.74) is 7.65. The Kier molecular flexibility index (Phi) is 5.35. The molecule has 0 radical (unpaired) electrons. The monoisotopic (exact) mass is 292 g/mol. The highest BCUT2D eigenvalue weighted by Crippen LogP contribution is 2.25. The molecule has 0 saturated carbocycles. The molecule has 2 rings (SSSR count). The van der Waals surface area contributed by atoms with Crippen LogP contribution in [0.3, 0.4) is 0 Å². The third kappa shape index (κ3) is 3.92. The molecule has 2 atom stereocenters. The second-order valence-electron chi connectivity index (χ2n) is 5.51. The van der Waals surface area contributed by atoms with Gasteiger partial charge in [-0.25, -0.2) is 0 Å². The van der Waals surface area contributed by atoms with E-state index in [1.54, 1.807) is 0 Å². The summed E-state index contributed by atoms with van der Waals surface area (Å²) in [4.78, 5) is 14.4. The van der Waals surface area contributed by atoms with Crippen molar-refractivity contribution >= 4 is 23.4 Å². The Hall–Kier alpha value is -1.16. The zero-order valence-corrected chi connectivity index (χ0v) is 13.2. The number of rotatable bonds is 4. The van der Waals surface area contributed by atoms with Gasteiger partial charge in [-0.2, -0.15) is 11.8 Å². The minimum atomic E-state index is 0.248. The van der Waals surface area contributed by atoms with Crippen LogP contribution in [-0.4, -0.2) is 34.9 Å². The van der Waals surface area contributed by atoms with Crippen molar-refractivity contribution in [1.29, 1.82) is 0 Å². The van der Waals surface area contributed by atoms with Gasteiger partial charge in [-0.1, -0.05) is 26.0 Å². The van der Waals surface area contributed by atoms with Crippen molar-refractivity contribution in [1.82, 2.24) is 4.90 Å². The lowest BCUT2D eigenvalue weighted by molar-refractivity contribution is -0.131. The molecule has 1 aliphatic rings. The highest BCUT2D eigenvalue weighted by atomic mass is 32.2. The van der Waals surface area contributed by atoms with Gasteiger partial charge in [0.2, 0.25) is 5.91 Å². The van der Waals surface area contributed by atoms with Crippen LogP contribution in [0.5, 0.6) is 0 Å². The third-order valence-corrected chi connectivity index (χ3v) is 5.31. The molecule has 1 heterocycles. The van der Waals surface area contributed by atoms with Crippen LogP contribution in [-0.2, 0) is 4.79 Å². The number of nitrogen functional groups attached to an aromatic ring is 1. The molecule has 3 nitrogen and oxygen atoms in total. The van der Waals surface area contributed by atoms with E-state index >= 15 is 0 Å². The minimum Gasteiger partial charge on any atom is -0.399 e. The first-order valence-corrected chi connectivity index (χ1v) is 8.39. The first kappa shape index (κ1) is 15.2. The maximum absolute atomic E-state index is 12.4. The molecule has 2 N–H and O–H groups in total. The molecule has 1 saturated heterocycles. The summed E-state index contributed by atoms with van der Waals surface area (Å²) in [5.74, 6) is 1.60. The molecule has 2 unspecified atom stereocenters. The van der Waals surface area contributed by atoms with E-state index in [1.807, 2.05) is 40.9 Å².